The van der Waals surface area contributed by atoms with E-state index in [-0.39, 0.29) is 11.4 Å². The Balaban J connectivity index is 3.28. The number of ketones is 1. The third kappa shape index (κ3) is 3.17. The molecule has 0 saturated heterocycles. The number of ether oxygens (including phenoxy) is 2. The average Bonchev–Trinajstić information content (AvgIpc) is 2.35. The zero-order valence-electron chi connectivity index (χ0n) is 10.0. The molecule has 0 unspecified atom stereocenters. The van der Waals surface area contributed by atoms with Gasteiger partial charge >= 0.3 is 5.97 Å². The summed E-state index contributed by atoms with van der Waals surface area (Å²) in [5.41, 5.74) is 0.849. The molecule has 0 aliphatic carbocycles. The van der Waals surface area contributed by atoms with Crippen molar-refractivity contribution >= 4 is 17.3 Å². The maximum atomic E-state index is 11.5. The van der Waals surface area contributed by atoms with Gasteiger partial charge in [0.25, 0.3) is 0 Å². The molecule has 4 nitrogen and oxygen atoms in total. The van der Waals surface area contributed by atoms with Gasteiger partial charge in [-0.2, -0.15) is 0 Å². The van der Waals surface area contributed by atoms with E-state index in [0.29, 0.717) is 11.3 Å². The van der Waals surface area contributed by atoms with Crippen molar-refractivity contribution < 1.29 is 19.1 Å². The van der Waals surface area contributed by atoms with Crippen molar-refractivity contribution in [1.82, 2.24) is 0 Å². The molecule has 1 aromatic carbocycles. The smallest absolute Gasteiger partial charge is 0.331 e. The van der Waals surface area contributed by atoms with Crippen LogP contribution in [0, 0.1) is 0 Å². The quantitative estimate of drug-likeness (QED) is 0.589. The van der Waals surface area contributed by atoms with Gasteiger partial charge in [0.2, 0.25) is 0 Å². The van der Waals surface area contributed by atoms with Crippen LogP contribution in [-0.2, 0) is 14.3 Å². The summed E-state index contributed by atoms with van der Waals surface area (Å²) in [5.74, 6) is -0.251. The lowest BCUT2D eigenvalue weighted by molar-refractivity contribution is -0.135. The Morgan fingerprint density at radius 1 is 1.18 bits per heavy atom. The zero-order chi connectivity index (χ0) is 12.8. The number of allylic oxidation sites excluding steroid dienone is 1. The van der Waals surface area contributed by atoms with Crippen LogP contribution in [0.1, 0.15) is 12.5 Å². The molecule has 17 heavy (non-hydrogen) atoms. The molecule has 0 fully saturated rings. The number of hydrogen-bond donors (Lipinski definition) is 0. The Kier molecular flexibility index (Phi) is 4.46. The summed E-state index contributed by atoms with van der Waals surface area (Å²) in [6.45, 7) is 1.39. The van der Waals surface area contributed by atoms with Crippen LogP contribution in [0.15, 0.2) is 30.3 Å². The minimum Gasteiger partial charge on any atom is -0.496 e. The van der Waals surface area contributed by atoms with Gasteiger partial charge in [-0.3, -0.25) is 4.79 Å². The second-order valence-electron chi connectivity index (χ2n) is 3.34. The fourth-order valence-electron chi connectivity index (χ4n) is 1.41. The number of esters is 1. The Morgan fingerprint density at radius 3 is 2.35 bits per heavy atom. The molecule has 0 saturated carbocycles. The van der Waals surface area contributed by atoms with Gasteiger partial charge in [0.1, 0.15) is 5.75 Å². The molecule has 0 heterocycles. The van der Waals surface area contributed by atoms with Crippen LogP contribution >= 0.6 is 0 Å². The number of Topliss-reactive ketones (excluding diaryl/α,β-unsaturated/α-hetero) is 1. The highest BCUT2D eigenvalue weighted by molar-refractivity contribution is 6.23. The lowest BCUT2D eigenvalue weighted by atomic mass is 10.0. The average molecular weight is 234 g/mol. The van der Waals surface area contributed by atoms with E-state index in [9.17, 15) is 9.59 Å². The second-order valence-corrected chi connectivity index (χ2v) is 3.34. The molecule has 0 N–H and O–H groups in total. The first-order valence-corrected chi connectivity index (χ1v) is 5.04. The van der Waals surface area contributed by atoms with Crippen molar-refractivity contribution in [2.24, 2.45) is 0 Å². The maximum Gasteiger partial charge on any atom is 0.331 e. The van der Waals surface area contributed by atoms with E-state index in [2.05, 4.69) is 4.74 Å². The van der Waals surface area contributed by atoms with Crippen molar-refractivity contribution in [3.05, 3.63) is 35.9 Å². The fraction of sp³-hybridized carbons (Fsp3) is 0.231. The number of hydrogen-bond acceptors (Lipinski definition) is 4. The van der Waals surface area contributed by atoms with Crippen molar-refractivity contribution in [3.8, 4) is 5.75 Å². The Hall–Kier alpha value is -2.10. The molecule has 0 aromatic heterocycles. The molecule has 1 aromatic rings. The number of rotatable bonds is 4. The van der Waals surface area contributed by atoms with Crippen molar-refractivity contribution in [2.75, 3.05) is 14.2 Å². The van der Waals surface area contributed by atoms with Crippen molar-refractivity contribution in [2.45, 2.75) is 6.92 Å². The molecule has 0 atom stereocenters. The van der Waals surface area contributed by atoms with Crippen LogP contribution in [0.2, 0.25) is 0 Å². The van der Waals surface area contributed by atoms with E-state index in [0.717, 1.165) is 0 Å². The molecule has 0 radical (unpaired) electrons. The maximum absolute atomic E-state index is 11.5. The van der Waals surface area contributed by atoms with Gasteiger partial charge in [-0.1, -0.05) is 18.2 Å². The molecule has 90 valence electrons. The molecule has 0 aliphatic rings. The van der Waals surface area contributed by atoms with Crippen LogP contribution in [0.4, 0.5) is 0 Å². The van der Waals surface area contributed by atoms with Crippen LogP contribution < -0.4 is 4.74 Å². The molecule has 4 heteroatoms. The highest BCUT2D eigenvalue weighted by Crippen LogP contribution is 2.26. The summed E-state index contributed by atoms with van der Waals surface area (Å²) in [5, 5.41) is 0. The third-order valence-electron chi connectivity index (χ3n) is 2.24. The number of carbonyl (C=O) groups excluding carboxylic acids is 2. The molecule has 0 bridgehead atoms. The highest BCUT2D eigenvalue weighted by Gasteiger charge is 2.14. The molecule has 1 rings (SSSR count). The van der Waals surface area contributed by atoms with Crippen LogP contribution in [-0.4, -0.2) is 26.0 Å². The minimum atomic E-state index is -0.568. The Labute approximate surface area is 99.8 Å². The van der Waals surface area contributed by atoms with Crippen LogP contribution in [0.5, 0.6) is 5.75 Å². The van der Waals surface area contributed by atoms with Crippen molar-refractivity contribution in [1.29, 1.82) is 0 Å². The Bertz CT molecular complexity index is 460. The molecule has 0 aliphatic heterocycles. The molecule has 0 amide bonds. The van der Waals surface area contributed by atoms with E-state index in [1.54, 1.807) is 24.3 Å². The van der Waals surface area contributed by atoms with Gasteiger partial charge in [-0.25, -0.2) is 4.79 Å². The van der Waals surface area contributed by atoms with Gasteiger partial charge in [0.15, 0.2) is 5.78 Å². The first-order chi connectivity index (χ1) is 8.10. The normalized spacial score (nSPS) is 10.9. The monoisotopic (exact) mass is 234 g/mol. The van der Waals surface area contributed by atoms with Gasteiger partial charge in [0, 0.05) is 17.2 Å². The summed E-state index contributed by atoms with van der Waals surface area (Å²) in [6, 6.07) is 7.00. The topological polar surface area (TPSA) is 52.6 Å². The number of carbonyl (C=O) groups is 2. The van der Waals surface area contributed by atoms with E-state index < -0.39 is 5.97 Å². The van der Waals surface area contributed by atoms with Gasteiger partial charge in [-0.15, -0.1) is 0 Å². The van der Waals surface area contributed by atoms with E-state index >= 15 is 0 Å². The predicted octanol–water partition coefficient (Wildman–Crippen LogP) is 1.84. The minimum absolute atomic E-state index is 0.222. The molecule has 0 spiro atoms. The highest BCUT2D eigenvalue weighted by atomic mass is 16.5. The standard InChI is InChI=1S/C13H14O4/c1-9(14)11(8-13(15)17-3)10-6-4-5-7-12(10)16-2/h4-8H,1-3H3. The van der Waals surface area contributed by atoms with E-state index in [1.807, 2.05) is 0 Å². The molecular weight excluding hydrogens is 220 g/mol. The lowest BCUT2D eigenvalue weighted by Crippen LogP contribution is -2.04. The number of para-hydroxylation sites is 1. The largest absolute Gasteiger partial charge is 0.496 e. The Morgan fingerprint density at radius 2 is 1.82 bits per heavy atom. The van der Waals surface area contributed by atoms with Crippen molar-refractivity contribution in [3.63, 3.8) is 0 Å². The van der Waals surface area contributed by atoms with Crippen LogP contribution in [0.3, 0.4) is 0 Å². The van der Waals surface area contributed by atoms with E-state index in [4.69, 9.17) is 4.74 Å². The first-order valence-electron chi connectivity index (χ1n) is 5.04. The first kappa shape index (κ1) is 13.0. The van der Waals surface area contributed by atoms with Gasteiger partial charge in [0.05, 0.1) is 14.2 Å². The third-order valence-corrected chi connectivity index (χ3v) is 2.24. The lowest BCUT2D eigenvalue weighted by Gasteiger charge is -2.09. The number of benzene rings is 1. The SMILES string of the molecule is COC(=O)C=C(C(C)=O)c1ccccc1OC. The van der Waals surface area contributed by atoms with E-state index in [1.165, 1.54) is 27.2 Å². The second kappa shape index (κ2) is 5.84. The van der Waals surface area contributed by atoms with Gasteiger partial charge in [-0.05, 0) is 13.0 Å². The zero-order valence-corrected chi connectivity index (χ0v) is 10.0. The summed E-state index contributed by atoms with van der Waals surface area (Å²) in [7, 11) is 2.77. The van der Waals surface area contributed by atoms with Crippen LogP contribution in [0.25, 0.3) is 5.57 Å². The van der Waals surface area contributed by atoms with Gasteiger partial charge < -0.3 is 9.47 Å². The fourth-order valence-corrected chi connectivity index (χ4v) is 1.41. The summed E-state index contributed by atoms with van der Waals surface area (Å²) in [6.07, 6.45) is 1.17. The molecular formula is C13H14O4. The number of methoxy groups -OCH3 is 2. The summed E-state index contributed by atoms with van der Waals surface area (Å²) < 4.78 is 9.66. The predicted molar refractivity (Wildman–Crippen MR) is 63.7 cm³/mol. The summed E-state index contributed by atoms with van der Waals surface area (Å²) >= 11 is 0. The summed E-state index contributed by atoms with van der Waals surface area (Å²) in [4.78, 5) is 22.7.